The zero-order chi connectivity index (χ0) is 21.4. The molecule has 31 heavy (non-hydrogen) atoms. The van der Waals surface area contributed by atoms with Crippen molar-refractivity contribution in [1.82, 2.24) is 4.98 Å². The summed E-state index contributed by atoms with van der Waals surface area (Å²) < 4.78 is 21.5. The number of nitrogens with zero attached hydrogens (tertiary/aromatic N) is 1. The van der Waals surface area contributed by atoms with E-state index < -0.39 is 5.41 Å². The van der Waals surface area contributed by atoms with Gasteiger partial charge in [-0.15, -0.1) is 0 Å². The number of nitrogens with one attached hydrogen (secondary N) is 1. The highest BCUT2D eigenvalue weighted by molar-refractivity contribution is 6.01. The Balaban J connectivity index is 0.00000245. The molecule has 0 unspecified atom stereocenters. The average molecular weight is 420 g/mol. The summed E-state index contributed by atoms with van der Waals surface area (Å²) >= 11 is 0. The van der Waals surface area contributed by atoms with Crippen LogP contribution in [0, 0.1) is 0 Å². The van der Waals surface area contributed by atoms with Gasteiger partial charge in [0.15, 0.2) is 23.0 Å². The van der Waals surface area contributed by atoms with E-state index in [-0.39, 0.29) is 14.1 Å². The topological polar surface area (TPSA) is 78.9 Å². The number of hydrogen-bond donors (Lipinski definition) is 1. The Hall–Kier alpha value is -3.74. The Morgan fingerprint density at radius 3 is 2.45 bits per heavy atom. The quantitative estimate of drug-likeness (QED) is 0.636. The molecular formula is C24H24N2O5. The summed E-state index contributed by atoms with van der Waals surface area (Å²) in [6, 6.07) is 15.1. The summed E-state index contributed by atoms with van der Waals surface area (Å²) in [6.45, 7) is 0.217. The number of hydrogen-bond acceptors (Lipinski definition) is 6. The molecule has 0 saturated heterocycles. The van der Waals surface area contributed by atoms with E-state index >= 15 is 0 Å². The number of aromatic nitrogens is 1. The van der Waals surface area contributed by atoms with Gasteiger partial charge in [0.1, 0.15) is 5.82 Å². The van der Waals surface area contributed by atoms with Crippen molar-refractivity contribution in [2.24, 2.45) is 0 Å². The molecule has 0 spiro atoms. The Morgan fingerprint density at radius 2 is 1.74 bits per heavy atom. The highest BCUT2D eigenvalue weighted by Gasteiger charge is 2.51. The second-order valence-electron chi connectivity index (χ2n) is 7.61. The molecule has 0 atom stereocenters. The number of amides is 1. The van der Waals surface area contributed by atoms with Crippen molar-refractivity contribution in [3.8, 4) is 34.1 Å². The van der Waals surface area contributed by atoms with Gasteiger partial charge in [0, 0.05) is 13.2 Å². The monoisotopic (exact) mass is 420 g/mol. The number of methoxy groups -OCH3 is 2. The zero-order valence-corrected chi connectivity index (χ0v) is 17.3. The largest absolute Gasteiger partial charge is 0.493 e. The van der Waals surface area contributed by atoms with Crippen molar-refractivity contribution in [3.05, 3.63) is 60.3 Å². The van der Waals surface area contributed by atoms with E-state index in [9.17, 15) is 4.79 Å². The normalized spacial score (nSPS) is 15.3. The van der Waals surface area contributed by atoms with E-state index in [0.717, 1.165) is 29.5 Å². The molecule has 7 nitrogen and oxygen atoms in total. The SMILES string of the molecule is COc1ccc(-c2ccc(NC(=O)C3(c4ccc5c(c4)OCO5)CC3)nc2)cc1OC.[HH]. The zero-order valence-electron chi connectivity index (χ0n) is 17.3. The number of anilines is 1. The van der Waals surface area contributed by atoms with Crippen LogP contribution >= 0.6 is 0 Å². The first-order valence-corrected chi connectivity index (χ1v) is 10.0. The molecule has 3 aromatic rings. The van der Waals surface area contributed by atoms with Gasteiger partial charge >= 0.3 is 0 Å². The van der Waals surface area contributed by atoms with Crippen molar-refractivity contribution in [3.63, 3.8) is 0 Å². The first-order valence-electron chi connectivity index (χ1n) is 10.0. The maximum absolute atomic E-state index is 13.1. The van der Waals surface area contributed by atoms with Gasteiger partial charge in [0.05, 0.1) is 19.6 Å². The molecule has 1 amide bonds. The molecule has 2 heterocycles. The number of ether oxygens (including phenoxy) is 4. The van der Waals surface area contributed by atoms with Crippen molar-refractivity contribution < 1.29 is 25.2 Å². The fourth-order valence-electron chi connectivity index (χ4n) is 3.86. The first-order chi connectivity index (χ1) is 15.1. The molecule has 2 aromatic carbocycles. The number of rotatable bonds is 6. The van der Waals surface area contributed by atoms with Gasteiger partial charge in [-0.2, -0.15) is 0 Å². The van der Waals surface area contributed by atoms with Gasteiger partial charge in [0.2, 0.25) is 12.7 Å². The second-order valence-corrected chi connectivity index (χ2v) is 7.61. The third-order valence-corrected chi connectivity index (χ3v) is 5.83. The highest BCUT2D eigenvalue weighted by atomic mass is 16.7. The third kappa shape index (κ3) is 3.42. The van der Waals surface area contributed by atoms with Crippen LogP contribution in [0.25, 0.3) is 11.1 Å². The number of pyridine rings is 1. The van der Waals surface area contributed by atoms with E-state index in [1.54, 1.807) is 26.5 Å². The highest BCUT2D eigenvalue weighted by Crippen LogP contribution is 2.51. The lowest BCUT2D eigenvalue weighted by Gasteiger charge is -2.16. The molecule has 1 saturated carbocycles. The second kappa shape index (κ2) is 7.50. The molecule has 7 heteroatoms. The summed E-state index contributed by atoms with van der Waals surface area (Å²) in [5.41, 5.74) is 2.26. The molecule has 160 valence electrons. The van der Waals surface area contributed by atoms with Gasteiger partial charge in [-0.3, -0.25) is 4.79 Å². The van der Waals surface area contributed by atoms with Crippen molar-refractivity contribution in [2.45, 2.75) is 18.3 Å². The van der Waals surface area contributed by atoms with E-state index in [1.165, 1.54) is 0 Å². The van der Waals surface area contributed by atoms with Crippen LogP contribution in [-0.2, 0) is 10.2 Å². The molecule has 1 N–H and O–H groups in total. The lowest BCUT2D eigenvalue weighted by molar-refractivity contribution is -0.118. The Morgan fingerprint density at radius 1 is 0.968 bits per heavy atom. The summed E-state index contributed by atoms with van der Waals surface area (Å²) in [5.74, 6) is 3.18. The fraction of sp³-hybridized carbons (Fsp3) is 0.250. The fourth-order valence-corrected chi connectivity index (χ4v) is 3.86. The number of fused-ring (bicyclic) bond motifs is 1. The van der Waals surface area contributed by atoms with Crippen LogP contribution in [0.1, 0.15) is 19.8 Å². The minimum atomic E-state index is -0.537. The van der Waals surface area contributed by atoms with Crippen LogP contribution in [0.3, 0.4) is 0 Å². The Labute approximate surface area is 181 Å². The van der Waals surface area contributed by atoms with Gasteiger partial charge in [0.25, 0.3) is 0 Å². The van der Waals surface area contributed by atoms with Crippen LogP contribution < -0.4 is 24.3 Å². The molecule has 0 radical (unpaired) electrons. The van der Waals surface area contributed by atoms with Gasteiger partial charge < -0.3 is 24.3 Å². The average Bonchev–Trinajstić information content (AvgIpc) is 3.50. The maximum Gasteiger partial charge on any atom is 0.236 e. The van der Waals surface area contributed by atoms with Gasteiger partial charge in [-0.05, 0) is 60.4 Å². The Bertz CT molecular complexity index is 1150. The minimum Gasteiger partial charge on any atom is -0.493 e. The lowest BCUT2D eigenvalue weighted by atomic mass is 9.94. The van der Waals surface area contributed by atoms with Crippen LogP contribution in [-0.4, -0.2) is 31.9 Å². The molecule has 1 aliphatic carbocycles. The van der Waals surface area contributed by atoms with Gasteiger partial charge in [-0.25, -0.2) is 4.98 Å². The summed E-state index contributed by atoms with van der Waals surface area (Å²) in [6.07, 6.45) is 3.32. The smallest absolute Gasteiger partial charge is 0.236 e. The molecular weight excluding hydrogens is 396 g/mol. The molecule has 1 aromatic heterocycles. The summed E-state index contributed by atoms with van der Waals surface area (Å²) in [4.78, 5) is 17.5. The maximum atomic E-state index is 13.1. The number of benzene rings is 2. The van der Waals surface area contributed by atoms with E-state index in [2.05, 4.69) is 10.3 Å². The molecule has 5 rings (SSSR count). The van der Waals surface area contributed by atoms with Crippen molar-refractivity contribution in [2.75, 3.05) is 26.3 Å². The summed E-state index contributed by atoms with van der Waals surface area (Å²) in [5, 5.41) is 2.96. The van der Waals surface area contributed by atoms with Crippen LogP contribution in [0.2, 0.25) is 0 Å². The Kier molecular flexibility index (Phi) is 4.66. The molecule has 1 aliphatic heterocycles. The van der Waals surface area contributed by atoms with Crippen LogP contribution in [0.5, 0.6) is 23.0 Å². The van der Waals surface area contributed by atoms with Crippen molar-refractivity contribution in [1.29, 1.82) is 0 Å². The predicted octanol–water partition coefficient (Wildman–Crippen LogP) is 4.41. The predicted molar refractivity (Wildman–Crippen MR) is 117 cm³/mol. The summed E-state index contributed by atoms with van der Waals surface area (Å²) in [7, 11) is 3.21. The first kappa shape index (κ1) is 19.2. The van der Waals surface area contributed by atoms with Crippen LogP contribution in [0.4, 0.5) is 5.82 Å². The molecule has 0 bridgehead atoms. The standard InChI is InChI=1S/C24H22N2O5.H2/c1-28-18-6-3-15(11-20(18)29-2)16-4-8-22(25-13-16)26-23(27)24(9-10-24)17-5-7-19-21(12-17)31-14-30-19;/h3-8,11-13H,9-10,14H2,1-2H3,(H,25,26,27);1H. The number of carbonyl (C=O) groups excluding carboxylic acids is 1. The van der Waals surface area contributed by atoms with Crippen LogP contribution in [0.15, 0.2) is 54.7 Å². The van der Waals surface area contributed by atoms with Crippen molar-refractivity contribution >= 4 is 11.7 Å². The van der Waals surface area contributed by atoms with Gasteiger partial charge in [-0.1, -0.05) is 12.1 Å². The molecule has 1 fully saturated rings. The van der Waals surface area contributed by atoms with E-state index in [1.807, 2.05) is 42.5 Å². The lowest BCUT2D eigenvalue weighted by Crippen LogP contribution is -2.28. The third-order valence-electron chi connectivity index (χ3n) is 5.83. The number of carbonyl (C=O) groups is 1. The molecule has 2 aliphatic rings. The van der Waals surface area contributed by atoms with E-state index in [0.29, 0.717) is 28.8 Å². The van der Waals surface area contributed by atoms with E-state index in [4.69, 9.17) is 18.9 Å². The minimum absolute atomic E-state index is 0.